The number of hydrogen-bond acceptors (Lipinski definition) is 9. The second-order valence-electron chi connectivity index (χ2n) is 15.9. The molecule has 0 radical (unpaired) electrons. The van der Waals surface area contributed by atoms with E-state index in [0.717, 1.165) is 84.2 Å². The summed E-state index contributed by atoms with van der Waals surface area (Å²) in [6.45, 7) is 7.00. The van der Waals surface area contributed by atoms with Gasteiger partial charge in [-0.1, -0.05) is 92.7 Å². The summed E-state index contributed by atoms with van der Waals surface area (Å²) in [4.78, 5) is 66.9. The zero-order valence-electron chi connectivity index (χ0n) is 34.0. The molecule has 0 saturated carbocycles. The summed E-state index contributed by atoms with van der Waals surface area (Å²) >= 11 is 0. The van der Waals surface area contributed by atoms with Gasteiger partial charge in [0.1, 0.15) is 23.7 Å². The van der Waals surface area contributed by atoms with E-state index >= 15 is 0 Å². The number of carbonyl (C=O) groups is 3. The molecular weight excluding hydrogens is 745 g/mol. The lowest BCUT2D eigenvalue weighted by Crippen LogP contribution is -2.53. The number of likely N-dealkylation sites (tertiary alicyclic amines) is 2. The van der Waals surface area contributed by atoms with Gasteiger partial charge < -0.3 is 40.0 Å². The monoisotopic (exact) mass is 796 g/mol. The number of nitrogens with zero attached hydrogens (tertiary/aromatic N) is 6. The Labute approximate surface area is 344 Å². The molecule has 2 saturated heterocycles. The van der Waals surface area contributed by atoms with Crippen molar-refractivity contribution in [3.8, 4) is 33.6 Å². The van der Waals surface area contributed by atoms with Crippen LogP contribution in [-0.2, 0) is 14.3 Å². The predicted molar refractivity (Wildman–Crippen MR) is 226 cm³/mol. The van der Waals surface area contributed by atoms with Crippen molar-refractivity contribution in [2.45, 2.75) is 63.7 Å². The number of rotatable bonds is 11. The third kappa shape index (κ3) is 8.30. The lowest BCUT2D eigenvalue weighted by Gasteiger charge is -2.31. The molecule has 0 unspecified atom stereocenters. The zero-order chi connectivity index (χ0) is 41.0. The Balaban J connectivity index is 0.917. The van der Waals surface area contributed by atoms with Gasteiger partial charge in [-0.15, -0.1) is 0 Å². The molecule has 306 valence electrons. The fourth-order valence-corrected chi connectivity index (χ4v) is 8.41. The number of benzene rings is 3. The van der Waals surface area contributed by atoms with E-state index in [-0.39, 0.29) is 35.9 Å². The van der Waals surface area contributed by atoms with Crippen LogP contribution in [0.15, 0.2) is 96.2 Å². The number of imidazole rings is 2. The van der Waals surface area contributed by atoms with Crippen molar-refractivity contribution >= 4 is 23.9 Å². The topological polar surface area (TPSA) is 164 Å². The van der Waals surface area contributed by atoms with Crippen LogP contribution >= 0.6 is 0 Å². The minimum Gasteiger partial charge on any atom is -0.453 e. The van der Waals surface area contributed by atoms with Crippen molar-refractivity contribution in [3.05, 3.63) is 108 Å². The molecule has 14 nitrogen and oxygen atoms in total. The Bertz CT molecular complexity index is 2280. The quantitative estimate of drug-likeness (QED) is 0.118. The standard InChI is InChI=1S/C45H52N10O4/c1-28(2)38(51-44-46-22-25-53(44)3)42(56)54-23-8-12-36(54)40-47-26-34(49-40)31-18-14-29(15-19-31)30-16-20-32(21-17-30)35-27-48-41(50-35)37-13-9-24-55(37)43(57)39(52-45(58)59-4)33-10-6-5-7-11-33/h5-7,10-11,14-21,26-28,36-39H,8-9,12-13,22-25H2,1-4H3,(H,46,51)(H,47,49)(H,48,50)(H,52,58)/t36-,37-,38-,39+/m0/s1. The maximum atomic E-state index is 13.9. The maximum Gasteiger partial charge on any atom is 0.407 e. The van der Waals surface area contributed by atoms with Crippen LogP contribution in [0.2, 0.25) is 0 Å². The van der Waals surface area contributed by atoms with Crippen LogP contribution < -0.4 is 10.6 Å². The van der Waals surface area contributed by atoms with Gasteiger partial charge in [0.2, 0.25) is 5.91 Å². The maximum absolute atomic E-state index is 13.9. The number of aromatic amines is 2. The first-order valence-electron chi connectivity index (χ1n) is 20.5. The number of likely N-dealkylation sites (N-methyl/N-ethyl adjacent to an activating group) is 1. The number of alkyl carbamates (subject to hydrolysis) is 1. The number of ether oxygens (including phenoxy) is 1. The first kappa shape index (κ1) is 39.4. The molecule has 3 amide bonds. The minimum absolute atomic E-state index is 0.0859. The van der Waals surface area contributed by atoms with E-state index < -0.39 is 12.1 Å². The number of hydrogen-bond donors (Lipinski definition) is 4. The second-order valence-corrected chi connectivity index (χ2v) is 15.9. The van der Waals surface area contributed by atoms with Crippen LogP contribution in [0.4, 0.5) is 4.79 Å². The molecule has 5 aromatic rings. The molecule has 3 aliphatic heterocycles. The van der Waals surface area contributed by atoms with Crippen LogP contribution in [0.5, 0.6) is 0 Å². The van der Waals surface area contributed by atoms with Gasteiger partial charge in [0.25, 0.3) is 5.91 Å². The van der Waals surface area contributed by atoms with Gasteiger partial charge in [-0.3, -0.25) is 14.6 Å². The Kier molecular flexibility index (Phi) is 11.5. The highest BCUT2D eigenvalue weighted by molar-refractivity contribution is 5.90. The van der Waals surface area contributed by atoms with E-state index in [2.05, 4.69) is 92.9 Å². The van der Waals surface area contributed by atoms with Crippen molar-refractivity contribution in [1.29, 1.82) is 0 Å². The Morgan fingerprint density at radius 2 is 1.25 bits per heavy atom. The second kappa shape index (κ2) is 17.2. The molecule has 3 aromatic carbocycles. The SMILES string of the molecule is COC(=O)N[C@@H](C(=O)N1CCC[C@H]1c1ncc(-c2ccc(-c3ccc(-c4cnc([C@@H]5CCCN5C(=O)[C@@H](NC5=NCCN5C)C(C)C)[nH]4)cc3)cc2)[nH]1)c1ccccc1. The number of carbonyl (C=O) groups excluding carboxylic acids is 3. The molecule has 4 atom stereocenters. The number of aromatic nitrogens is 4. The average Bonchev–Trinajstić information content (AvgIpc) is 4.12. The van der Waals surface area contributed by atoms with Crippen molar-refractivity contribution in [2.24, 2.45) is 10.9 Å². The summed E-state index contributed by atoms with van der Waals surface area (Å²) < 4.78 is 4.83. The van der Waals surface area contributed by atoms with Crippen LogP contribution in [0, 0.1) is 5.92 Å². The number of aliphatic imine (C=N–C) groups is 1. The van der Waals surface area contributed by atoms with Crippen LogP contribution in [-0.4, -0.2) is 105 Å². The van der Waals surface area contributed by atoms with E-state index in [1.165, 1.54) is 7.11 Å². The van der Waals surface area contributed by atoms with Gasteiger partial charge in [-0.05, 0) is 59.4 Å². The molecule has 3 aliphatic rings. The van der Waals surface area contributed by atoms with E-state index in [0.29, 0.717) is 24.5 Å². The smallest absolute Gasteiger partial charge is 0.407 e. The molecule has 2 fully saturated rings. The summed E-state index contributed by atoms with van der Waals surface area (Å²) in [6, 6.07) is 24.3. The summed E-state index contributed by atoms with van der Waals surface area (Å²) in [5.74, 6) is 2.29. The van der Waals surface area contributed by atoms with E-state index in [1.807, 2.05) is 54.7 Å². The van der Waals surface area contributed by atoms with Gasteiger partial charge in [0.05, 0.1) is 49.5 Å². The first-order chi connectivity index (χ1) is 28.7. The highest BCUT2D eigenvalue weighted by Gasteiger charge is 2.39. The largest absolute Gasteiger partial charge is 0.453 e. The first-order valence-corrected chi connectivity index (χ1v) is 20.5. The van der Waals surface area contributed by atoms with Crippen molar-refractivity contribution in [1.82, 2.24) is 45.3 Å². The van der Waals surface area contributed by atoms with Gasteiger partial charge in [-0.2, -0.15) is 0 Å². The lowest BCUT2D eigenvalue weighted by atomic mass is 10.0. The van der Waals surface area contributed by atoms with Crippen LogP contribution in [0.25, 0.3) is 33.6 Å². The summed E-state index contributed by atoms with van der Waals surface area (Å²) in [5.41, 5.74) is 6.61. The third-order valence-corrected chi connectivity index (χ3v) is 11.7. The fourth-order valence-electron chi connectivity index (χ4n) is 8.41. The van der Waals surface area contributed by atoms with Crippen LogP contribution in [0.3, 0.4) is 0 Å². The van der Waals surface area contributed by atoms with Crippen molar-refractivity contribution in [3.63, 3.8) is 0 Å². The fraction of sp³-hybridized carbons (Fsp3) is 0.378. The molecule has 59 heavy (non-hydrogen) atoms. The summed E-state index contributed by atoms with van der Waals surface area (Å²) in [7, 11) is 3.29. The zero-order valence-corrected chi connectivity index (χ0v) is 34.0. The molecule has 14 heteroatoms. The number of guanidine groups is 1. The number of methoxy groups -OCH3 is 1. The molecule has 0 aliphatic carbocycles. The molecule has 0 spiro atoms. The van der Waals surface area contributed by atoms with E-state index in [9.17, 15) is 14.4 Å². The Morgan fingerprint density at radius 1 is 0.729 bits per heavy atom. The molecular formula is C45H52N10O4. The van der Waals surface area contributed by atoms with Gasteiger partial charge in [-0.25, -0.2) is 14.8 Å². The summed E-state index contributed by atoms with van der Waals surface area (Å²) in [5, 5.41) is 6.15. The van der Waals surface area contributed by atoms with E-state index in [1.54, 1.807) is 4.90 Å². The normalized spacial score (nSPS) is 18.9. The Morgan fingerprint density at radius 3 is 1.75 bits per heavy atom. The molecule has 2 aromatic heterocycles. The number of amides is 3. The van der Waals surface area contributed by atoms with Gasteiger partial charge >= 0.3 is 6.09 Å². The molecule has 8 rings (SSSR count). The number of nitrogens with one attached hydrogen (secondary N) is 4. The van der Waals surface area contributed by atoms with Gasteiger partial charge in [0.15, 0.2) is 5.96 Å². The highest BCUT2D eigenvalue weighted by Crippen LogP contribution is 2.36. The Hall–Kier alpha value is -6.44. The molecule has 0 bridgehead atoms. The number of H-pyrrole nitrogens is 2. The average molecular weight is 797 g/mol. The highest BCUT2D eigenvalue weighted by atomic mass is 16.5. The van der Waals surface area contributed by atoms with E-state index in [4.69, 9.17) is 14.7 Å². The van der Waals surface area contributed by atoms with Crippen LogP contribution in [0.1, 0.15) is 74.9 Å². The van der Waals surface area contributed by atoms with Crippen molar-refractivity contribution in [2.75, 3.05) is 40.3 Å². The van der Waals surface area contributed by atoms with Gasteiger partial charge in [0, 0.05) is 26.7 Å². The third-order valence-electron chi connectivity index (χ3n) is 11.7. The predicted octanol–water partition coefficient (Wildman–Crippen LogP) is 6.47. The van der Waals surface area contributed by atoms with Crippen molar-refractivity contribution < 1.29 is 19.1 Å². The summed E-state index contributed by atoms with van der Waals surface area (Å²) in [6.07, 6.45) is 6.39. The molecule has 4 N–H and O–H groups in total. The molecule has 5 heterocycles. The minimum atomic E-state index is -0.872. The lowest BCUT2D eigenvalue weighted by molar-refractivity contribution is -0.135.